The molecule has 1 N–H and O–H groups in total. The molecule has 0 saturated carbocycles. The van der Waals surface area contributed by atoms with Crippen molar-refractivity contribution in [1.29, 1.82) is 0 Å². The van der Waals surface area contributed by atoms with Gasteiger partial charge in [-0.2, -0.15) is 4.98 Å². The second kappa shape index (κ2) is 7.61. The van der Waals surface area contributed by atoms with E-state index in [0.717, 1.165) is 21.3 Å². The summed E-state index contributed by atoms with van der Waals surface area (Å²) in [5.41, 5.74) is 3.92. The zero-order valence-corrected chi connectivity index (χ0v) is 15.6. The fourth-order valence-electron chi connectivity index (χ4n) is 2.46. The summed E-state index contributed by atoms with van der Waals surface area (Å²) in [6, 6.07) is 13.6. The first-order valence-electron chi connectivity index (χ1n) is 7.97. The van der Waals surface area contributed by atoms with Crippen LogP contribution in [0, 0.1) is 13.8 Å². The Bertz CT molecular complexity index is 888. The molecule has 2 aromatic carbocycles. The van der Waals surface area contributed by atoms with Gasteiger partial charge in [-0.05, 0) is 49.7 Å². The number of hydrogen-bond acceptors (Lipinski definition) is 4. The number of nitrogens with zero attached hydrogens (tertiary/aromatic N) is 2. The number of halogens is 1. The molecular formula is C19H18BrN3O2. The first kappa shape index (κ1) is 17.4. The van der Waals surface area contributed by atoms with E-state index >= 15 is 0 Å². The highest BCUT2D eigenvalue weighted by Crippen LogP contribution is 2.20. The molecule has 0 aliphatic rings. The van der Waals surface area contributed by atoms with E-state index in [4.69, 9.17) is 4.52 Å². The van der Waals surface area contributed by atoms with Crippen LogP contribution in [0.3, 0.4) is 0 Å². The minimum atomic E-state index is -0.0738. The summed E-state index contributed by atoms with van der Waals surface area (Å²) in [6.07, 6.45) is 0.690. The zero-order valence-electron chi connectivity index (χ0n) is 14.0. The Balaban J connectivity index is 1.58. The number of nitrogens with one attached hydrogen (secondary N) is 1. The maximum Gasteiger partial charge on any atom is 0.227 e. The van der Waals surface area contributed by atoms with E-state index in [9.17, 15) is 4.79 Å². The lowest BCUT2D eigenvalue weighted by Gasteiger charge is -2.08. The predicted octanol–water partition coefficient (Wildman–Crippen LogP) is 4.69. The number of benzene rings is 2. The monoisotopic (exact) mass is 399 g/mol. The molecule has 0 unspecified atom stereocenters. The van der Waals surface area contributed by atoms with Crippen LogP contribution in [-0.2, 0) is 11.2 Å². The average Bonchev–Trinajstić information content (AvgIpc) is 3.05. The second-order valence-corrected chi connectivity index (χ2v) is 6.80. The number of hydrogen-bond donors (Lipinski definition) is 1. The van der Waals surface area contributed by atoms with E-state index in [0.29, 0.717) is 18.1 Å². The molecule has 0 atom stereocenters. The minimum absolute atomic E-state index is 0.0738. The van der Waals surface area contributed by atoms with Gasteiger partial charge in [-0.25, -0.2) is 0 Å². The molecule has 128 valence electrons. The predicted molar refractivity (Wildman–Crippen MR) is 100 cm³/mol. The molecule has 3 rings (SSSR count). The Morgan fingerprint density at radius 3 is 2.64 bits per heavy atom. The minimum Gasteiger partial charge on any atom is -0.339 e. The Hall–Kier alpha value is -2.47. The highest BCUT2D eigenvalue weighted by Gasteiger charge is 2.11. The molecule has 1 aromatic heterocycles. The molecule has 0 saturated heterocycles. The van der Waals surface area contributed by atoms with Crippen molar-refractivity contribution < 1.29 is 9.32 Å². The van der Waals surface area contributed by atoms with Crippen molar-refractivity contribution in [1.82, 2.24) is 10.1 Å². The summed E-state index contributed by atoms with van der Waals surface area (Å²) in [6.45, 7) is 4.00. The fourth-order valence-corrected chi connectivity index (χ4v) is 2.72. The molecule has 1 heterocycles. The van der Waals surface area contributed by atoms with Gasteiger partial charge in [0.1, 0.15) is 0 Å². The quantitative estimate of drug-likeness (QED) is 0.675. The SMILES string of the molecule is Cc1ccc(NC(=O)CCc2nc(-c3ccc(Br)cc3)no2)c(C)c1. The van der Waals surface area contributed by atoms with Crippen molar-refractivity contribution in [3.63, 3.8) is 0 Å². The van der Waals surface area contributed by atoms with Gasteiger partial charge in [0.15, 0.2) is 0 Å². The molecule has 0 aliphatic heterocycles. The Morgan fingerprint density at radius 1 is 1.16 bits per heavy atom. The molecule has 5 nitrogen and oxygen atoms in total. The van der Waals surface area contributed by atoms with Crippen molar-refractivity contribution in [2.24, 2.45) is 0 Å². The van der Waals surface area contributed by atoms with Crippen LogP contribution in [0.2, 0.25) is 0 Å². The van der Waals surface area contributed by atoms with Crippen LogP contribution in [0.5, 0.6) is 0 Å². The molecular weight excluding hydrogens is 382 g/mol. The van der Waals surface area contributed by atoms with E-state index in [-0.39, 0.29) is 12.3 Å². The van der Waals surface area contributed by atoms with Crippen LogP contribution < -0.4 is 5.32 Å². The Kier molecular flexibility index (Phi) is 5.28. The summed E-state index contributed by atoms with van der Waals surface area (Å²) in [5.74, 6) is 0.904. The maximum atomic E-state index is 12.1. The van der Waals surface area contributed by atoms with E-state index in [1.165, 1.54) is 5.56 Å². The standard InChI is InChI=1S/C19H18BrN3O2/c1-12-3-8-16(13(2)11-12)21-17(24)9-10-18-22-19(23-25-18)14-4-6-15(20)7-5-14/h3-8,11H,9-10H2,1-2H3,(H,21,24). The number of aromatic nitrogens is 2. The number of carbonyl (C=O) groups is 1. The molecule has 3 aromatic rings. The van der Waals surface area contributed by atoms with Gasteiger partial charge >= 0.3 is 0 Å². The highest BCUT2D eigenvalue weighted by atomic mass is 79.9. The smallest absolute Gasteiger partial charge is 0.227 e. The Labute approximate surface area is 154 Å². The summed E-state index contributed by atoms with van der Waals surface area (Å²) < 4.78 is 6.23. The van der Waals surface area contributed by atoms with Crippen LogP contribution in [-0.4, -0.2) is 16.0 Å². The Morgan fingerprint density at radius 2 is 1.92 bits per heavy atom. The third-order valence-electron chi connectivity index (χ3n) is 3.79. The molecule has 0 fully saturated rings. The topological polar surface area (TPSA) is 68.0 Å². The summed E-state index contributed by atoms with van der Waals surface area (Å²) in [7, 11) is 0. The zero-order chi connectivity index (χ0) is 17.8. The van der Waals surface area contributed by atoms with Crippen LogP contribution in [0.15, 0.2) is 51.5 Å². The van der Waals surface area contributed by atoms with Crippen LogP contribution in [0.25, 0.3) is 11.4 Å². The average molecular weight is 400 g/mol. The molecule has 1 amide bonds. The largest absolute Gasteiger partial charge is 0.339 e. The van der Waals surface area contributed by atoms with Crippen molar-refractivity contribution in [2.75, 3.05) is 5.32 Å². The molecule has 25 heavy (non-hydrogen) atoms. The second-order valence-electron chi connectivity index (χ2n) is 5.89. The fraction of sp³-hybridized carbons (Fsp3) is 0.211. The number of rotatable bonds is 5. The van der Waals surface area contributed by atoms with Crippen molar-refractivity contribution >= 4 is 27.5 Å². The van der Waals surface area contributed by atoms with E-state index in [1.807, 2.05) is 56.3 Å². The highest BCUT2D eigenvalue weighted by molar-refractivity contribution is 9.10. The van der Waals surface area contributed by atoms with Gasteiger partial charge in [0, 0.05) is 28.6 Å². The van der Waals surface area contributed by atoms with E-state index in [1.54, 1.807) is 0 Å². The van der Waals surface area contributed by atoms with Gasteiger partial charge in [-0.15, -0.1) is 0 Å². The lowest BCUT2D eigenvalue weighted by Crippen LogP contribution is -2.13. The van der Waals surface area contributed by atoms with Gasteiger partial charge in [0.05, 0.1) is 0 Å². The summed E-state index contributed by atoms with van der Waals surface area (Å²) in [5, 5.41) is 6.89. The summed E-state index contributed by atoms with van der Waals surface area (Å²) in [4.78, 5) is 16.5. The molecule has 0 bridgehead atoms. The molecule has 6 heteroatoms. The van der Waals surface area contributed by atoms with E-state index in [2.05, 4.69) is 31.4 Å². The number of aryl methyl sites for hydroxylation is 3. The van der Waals surface area contributed by atoms with Gasteiger partial charge in [-0.3, -0.25) is 4.79 Å². The molecule has 0 radical (unpaired) electrons. The lowest BCUT2D eigenvalue weighted by molar-refractivity contribution is -0.116. The summed E-state index contributed by atoms with van der Waals surface area (Å²) >= 11 is 3.39. The van der Waals surface area contributed by atoms with Crippen LogP contribution >= 0.6 is 15.9 Å². The van der Waals surface area contributed by atoms with Crippen molar-refractivity contribution in [3.05, 3.63) is 64.0 Å². The van der Waals surface area contributed by atoms with Gasteiger partial charge < -0.3 is 9.84 Å². The third-order valence-corrected chi connectivity index (χ3v) is 4.32. The molecule has 0 spiro atoms. The number of amides is 1. The lowest BCUT2D eigenvalue weighted by atomic mass is 10.1. The maximum absolute atomic E-state index is 12.1. The normalized spacial score (nSPS) is 10.7. The van der Waals surface area contributed by atoms with Crippen LogP contribution in [0.4, 0.5) is 5.69 Å². The van der Waals surface area contributed by atoms with Gasteiger partial charge in [0.2, 0.25) is 17.6 Å². The van der Waals surface area contributed by atoms with Gasteiger partial charge in [0.25, 0.3) is 0 Å². The van der Waals surface area contributed by atoms with Crippen LogP contribution in [0.1, 0.15) is 23.4 Å². The molecule has 0 aliphatic carbocycles. The first-order valence-corrected chi connectivity index (χ1v) is 8.76. The van der Waals surface area contributed by atoms with E-state index < -0.39 is 0 Å². The number of anilines is 1. The van der Waals surface area contributed by atoms with Crippen molar-refractivity contribution in [3.8, 4) is 11.4 Å². The third kappa shape index (κ3) is 4.54. The number of carbonyl (C=O) groups excluding carboxylic acids is 1. The van der Waals surface area contributed by atoms with Gasteiger partial charge in [-0.1, -0.05) is 38.8 Å². The first-order chi connectivity index (χ1) is 12.0. The van der Waals surface area contributed by atoms with Crippen molar-refractivity contribution in [2.45, 2.75) is 26.7 Å².